The van der Waals surface area contributed by atoms with Crippen molar-refractivity contribution < 1.29 is 31.1 Å². The highest BCUT2D eigenvalue weighted by Gasteiger charge is 2.36. The highest BCUT2D eigenvalue weighted by Crippen LogP contribution is 2.32. The van der Waals surface area contributed by atoms with Gasteiger partial charge in [-0.15, -0.1) is 0 Å². The molecule has 1 aromatic carbocycles. The van der Waals surface area contributed by atoms with Crippen molar-refractivity contribution in [1.82, 2.24) is 13.5 Å². The quantitative estimate of drug-likeness (QED) is 0.551. The fourth-order valence-electron chi connectivity index (χ4n) is 4.10. The zero-order valence-corrected chi connectivity index (χ0v) is 20.3. The Balaban J connectivity index is 1.59. The van der Waals surface area contributed by atoms with E-state index in [1.165, 1.54) is 35.0 Å². The molecule has 32 heavy (non-hydrogen) atoms. The molecule has 0 N–H and O–H groups in total. The number of carbonyl (C=O) groups is 1. The summed E-state index contributed by atoms with van der Waals surface area (Å²) < 4.78 is 63.3. The molecule has 0 aromatic heterocycles. The minimum Gasteiger partial charge on any atom is -0.493 e. The molecule has 2 heterocycles. The third kappa shape index (κ3) is 5.03. The van der Waals surface area contributed by atoms with Gasteiger partial charge in [0.2, 0.25) is 26.0 Å². The fourth-order valence-corrected chi connectivity index (χ4v) is 6.67. The van der Waals surface area contributed by atoms with Gasteiger partial charge in [0.05, 0.1) is 24.9 Å². The van der Waals surface area contributed by atoms with Crippen molar-refractivity contribution in [2.45, 2.75) is 24.7 Å². The monoisotopic (exact) mass is 489 g/mol. The number of rotatable bonds is 7. The summed E-state index contributed by atoms with van der Waals surface area (Å²) >= 11 is 0. The molecule has 10 nitrogen and oxygen atoms in total. The average Bonchev–Trinajstić information content (AvgIpc) is 2.83. The van der Waals surface area contributed by atoms with Gasteiger partial charge in [0.15, 0.2) is 11.5 Å². The van der Waals surface area contributed by atoms with Crippen molar-refractivity contribution in [2.75, 3.05) is 59.2 Å². The standard InChI is InChI=1S/C20H31N3O7S2/c1-4-31(25,26)22-13-11-21(12-14-22)20(24)16-7-9-23(10-8-16)32(27,28)17-5-6-18(29-2)19(15-17)30-3/h5-6,15-16H,4,7-14H2,1-3H3. The van der Waals surface area contributed by atoms with Crippen LogP contribution in [0, 0.1) is 5.92 Å². The number of methoxy groups -OCH3 is 2. The Bertz CT molecular complexity index is 1030. The van der Waals surface area contributed by atoms with E-state index in [1.54, 1.807) is 17.9 Å². The van der Waals surface area contributed by atoms with Gasteiger partial charge >= 0.3 is 0 Å². The van der Waals surface area contributed by atoms with Gasteiger partial charge in [0.25, 0.3) is 0 Å². The van der Waals surface area contributed by atoms with Crippen LogP contribution in [-0.4, -0.2) is 95.5 Å². The maximum Gasteiger partial charge on any atom is 0.243 e. The minimum atomic E-state index is -3.72. The molecule has 0 bridgehead atoms. The molecule has 0 spiro atoms. The molecule has 1 aromatic rings. The summed E-state index contributed by atoms with van der Waals surface area (Å²) in [5, 5.41) is 0. The maximum atomic E-state index is 13.1. The number of hydrogen-bond acceptors (Lipinski definition) is 7. The number of carbonyl (C=O) groups excluding carboxylic acids is 1. The molecule has 2 saturated heterocycles. The predicted molar refractivity (Wildman–Crippen MR) is 119 cm³/mol. The lowest BCUT2D eigenvalue weighted by Gasteiger charge is -2.37. The van der Waals surface area contributed by atoms with Crippen molar-refractivity contribution in [3.63, 3.8) is 0 Å². The summed E-state index contributed by atoms with van der Waals surface area (Å²) in [6.07, 6.45) is 0.859. The normalized spacial score (nSPS) is 19.7. The van der Waals surface area contributed by atoms with Crippen LogP contribution < -0.4 is 9.47 Å². The summed E-state index contributed by atoms with van der Waals surface area (Å²) in [4.78, 5) is 14.7. The summed E-state index contributed by atoms with van der Waals surface area (Å²) in [5.74, 6) is 0.543. The van der Waals surface area contributed by atoms with E-state index in [1.807, 2.05) is 0 Å². The Morgan fingerprint density at radius 2 is 1.50 bits per heavy atom. The summed E-state index contributed by atoms with van der Waals surface area (Å²) in [6.45, 7) is 3.43. The molecule has 180 valence electrons. The number of piperazine rings is 1. The first-order valence-corrected chi connectivity index (χ1v) is 13.7. The van der Waals surface area contributed by atoms with Gasteiger partial charge in [0.1, 0.15) is 0 Å². The summed E-state index contributed by atoms with van der Waals surface area (Å²) in [5.41, 5.74) is 0. The van der Waals surface area contributed by atoms with E-state index >= 15 is 0 Å². The largest absolute Gasteiger partial charge is 0.493 e. The lowest BCUT2D eigenvalue weighted by Crippen LogP contribution is -2.53. The second kappa shape index (κ2) is 9.94. The number of nitrogens with zero attached hydrogens (tertiary/aromatic N) is 3. The minimum absolute atomic E-state index is 0.0262. The first kappa shape index (κ1) is 24.7. The molecule has 3 rings (SSSR count). The van der Waals surface area contributed by atoms with Crippen LogP contribution in [0.25, 0.3) is 0 Å². The van der Waals surface area contributed by atoms with E-state index in [9.17, 15) is 21.6 Å². The van der Waals surface area contributed by atoms with Crippen LogP contribution in [0.15, 0.2) is 23.1 Å². The van der Waals surface area contributed by atoms with Crippen LogP contribution >= 0.6 is 0 Å². The number of amides is 1. The molecule has 12 heteroatoms. The van der Waals surface area contributed by atoms with E-state index in [4.69, 9.17) is 9.47 Å². The summed E-state index contributed by atoms with van der Waals surface area (Å²) in [7, 11) is -4.04. The third-order valence-corrected chi connectivity index (χ3v) is 9.88. The van der Waals surface area contributed by atoms with E-state index in [-0.39, 0.29) is 35.6 Å². The maximum absolute atomic E-state index is 13.1. The summed E-state index contributed by atoms with van der Waals surface area (Å²) in [6, 6.07) is 4.48. The van der Waals surface area contributed by atoms with E-state index in [0.717, 1.165) is 0 Å². The molecule has 2 aliphatic rings. The predicted octanol–water partition coefficient (Wildman–Crippen LogP) is 0.598. The van der Waals surface area contributed by atoms with Crippen LogP contribution in [0.4, 0.5) is 0 Å². The van der Waals surface area contributed by atoms with Crippen molar-refractivity contribution >= 4 is 26.0 Å². The first-order chi connectivity index (χ1) is 15.1. The van der Waals surface area contributed by atoms with Crippen molar-refractivity contribution in [2.24, 2.45) is 5.92 Å². The molecule has 0 aliphatic carbocycles. The van der Waals surface area contributed by atoms with Gasteiger partial charge in [-0.25, -0.2) is 16.8 Å². The Labute approximate surface area is 190 Å². The van der Waals surface area contributed by atoms with Crippen molar-refractivity contribution in [3.8, 4) is 11.5 Å². The Morgan fingerprint density at radius 1 is 0.906 bits per heavy atom. The first-order valence-electron chi connectivity index (χ1n) is 10.6. The highest BCUT2D eigenvalue weighted by atomic mass is 32.2. The van der Waals surface area contributed by atoms with Gasteiger partial charge in [-0.05, 0) is 31.9 Å². The van der Waals surface area contributed by atoms with E-state index in [0.29, 0.717) is 50.5 Å². The molecular formula is C20H31N3O7S2. The van der Waals surface area contributed by atoms with Crippen molar-refractivity contribution in [1.29, 1.82) is 0 Å². The lowest BCUT2D eigenvalue weighted by atomic mass is 9.96. The van der Waals surface area contributed by atoms with Gasteiger partial charge in [0, 0.05) is 51.3 Å². The molecule has 0 unspecified atom stereocenters. The fraction of sp³-hybridized carbons (Fsp3) is 0.650. The molecule has 2 aliphatic heterocycles. The van der Waals surface area contributed by atoms with Gasteiger partial charge in [-0.3, -0.25) is 4.79 Å². The van der Waals surface area contributed by atoms with Gasteiger partial charge in [-0.1, -0.05) is 0 Å². The molecule has 0 atom stereocenters. The Hall–Kier alpha value is -1.89. The van der Waals surface area contributed by atoms with Crippen LogP contribution in [0.5, 0.6) is 11.5 Å². The van der Waals surface area contributed by atoms with Crippen LogP contribution in [-0.2, 0) is 24.8 Å². The second-order valence-corrected chi connectivity index (χ2v) is 12.0. The average molecular weight is 490 g/mol. The number of hydrogen-bond donors (Lipinski definition) is 0. The molecule has 0 radical (unpaired) electrons. The molecule has 1 amide bonds. The van der Waals surface area contributed by atoms with Crippen molar-refractivity contribution in [3.05, 3.63) is 18.2 Å². The van der Waals surface area contributed by atoms with Gasteiger partial charge in [-0.2, -0.15) is 8.61 Å². The Kier molecular flexibility index (Phi) is 7.69. The highest BCUT2D eigenvalue weighted by molar-refractivity contribution is 7.89. The SMILES string of the molecule is CCS(=O)(=O)N1CCN(C(=O)C2CCN(S(=O)(=O)c3ccc(OC)c(OC)c3)CC2)CC1. The number of ether oxygens (including phenoxy) is 2. The van der Waals surface area contributed by atoms with Crippen LogP contribution in [0.2, 0.25) is 0 Å². The van der Waals surface area contributed by atoms with E-state index in [2.05, 4.69) is 0 Å². The number of piperidine rings is 1. The Morgan fingerprint density at radius 3 is 2.03 bits per heavy atom. The zero-order valence-electron chi connectivity index (χ0n) is 18.7. The molecular weight excluding hydrogens is 458 g/mol. The molecule has 0 saturated carbocycles. The van der Waals surface area contributed by atoms with Gasteiger partial charge < -0.3 is 14.4 Å². The number of sulfonamides is 2. The van der Waals surface area contributed by atoms with Crippen LogP contribution in [0.1, 0.15) is 19.8 Å². The van der Waals surface area contributed by atoms with E-state index < -0.39 is 20.0 Å². The lowest BCUT2D eigenvalue weighted by molar-refractivity contribution is -0.137. The third-order valence-electron chi connectivity index (χ3n) is 6.10. The topological polar surface area (TPSA) is 114 Å². The van der Waals surface area contributed by atoms with Crippen LogP contribution in [0.3, 0.4) is 0 Å². The molecule has 2 fully saturated rings. The smallest absolute Gasteiger partial charge is 0.243 e. The zero-order chi connectivity index (χ0) is 23.5. The number of benzene rings is 1. The second-order valence-electron chi connectivity index (χ2n) is 7.82.